The van der Waals surface area contributed by atoms with E-state index in [1.807, 2.05) is 43.3 Å². The number of aromatic amines is 1. The van der Waals surface area contributed by atoms with Gasteiger partial charge >= 0.3 is 17.9 Å². The van der Waals surface area contributed by atoms with Crippen LogP contribution in [0.25, 0.3) is 22.5 Å². The Morgan fingerprint density at radius 3 is 2.15 bits per heavy atom. The summed E-state index contributed by atoms with van der Waals surface area (Å²) in [5, 5.41) is 44.0. The van der Waals surface area contributed by atoms with Crippen LogP contribution in [-0.4, -0.2) is 91.6 Å². The van der Waals surface area contributed by atoms with Crippen LogP contribution in [-0.2, 0) is 21.9 Å². The van der Waals surface area contributed by atoms with Gasteiger partial charge in [0.1, 0.15) is 12.6 Å². The minimum absolute atomic E-state index is 0.0213. The number of carbonyl (C=O) groups excluding carboxylic acids is 3. The van der Waals surface area contributed by atoms with E-state index in [2.05, 4.69) is 31.3 Å². The summed E-state index contributed by atoms with van der Waals surface area (Å²) < 4.78 is 55.8. The Hall–Kier alpha value is -5.88. The van der Waals surface area contributed by atoms with E-state index >= 15 is 0 Å². The average Bonchev–Trinajstić information content (AvgIpc) is 3.76. The first-order chi connectivity index (χ1) is 29.0. The molecule has 0 radical (unpaired) electrons. The summed E-state index contributed by atoms with van der Waals surface area (Å²) in [5.41, 5.74) is 4.36. The number of carboxylic acid groups (broad SMARTS) is 1. The van der Waals surface area contributed by atoms with E-state index in [4.69, 9.17) is 10.2 Å². The van der Waals surface area contributed by atoms with Crippen LogP contribution >= 0.6 is 0 Å². The number of carbonyl (C=O) groups is 4. The number of H-pyrrole nitrogens is 1. The Morgan fingerprint density at radius 1 is 0.869 bits per heavy atom. The van der Waals surface area contributed by atoms with Crippen LogP contribution in [0.3, 0.4) is 0 Å². The quantitative estimate of drug-likeness (QED) is 0.0663. The summed E-state index contributed by atoms with van der Waals surface area (Å²) in [5.74, 6) is -12.7. The summed E-state index contributed by atoms with van der Waals surface area (Å²) in [4.78, 5) is 54.9. The molecular formula is C43H49F4N7O7. The largest absolute Gasteiger partial charge is 0.465 e. The molecule has 2 aliphatic carbocycles. The SMILES string of the molecule is Cc1cc(C(=O)NC2CCC(O)CC2)ccc1-c1ccc(C[C@H](NC(=O)C2CCC(CNC(=O)O)CC2)C(=O)Nc2ccc(-c3n[nH]c(C(F)(F)C(F)(F)CO)n3)cc2)cc1. The number of anilines is 1. The summed E-state index contributed by atoms with van der Waals surface area (Å²) in [6.45, 7) is 0.103. The second kappa shape index (κ2) is 19.2. The second-order valence-electron chi connectivity index (χ2n) is 15.9. The Kier molecular flexibility index (Phi) is 14.1. The van der Waals surface area contributed by atoms with Crippen molar-refractivity contribution >= 4 is 29.5 Å². The highest BCUT2D eigenvalue weighted by Gasteiger charge is 2.59. The molecule has 326 valence electrons. The number of aryl methyl sites for hydroxylation is 1. The Morgan fingerprint density at radius 2 is 1.52 bits per heavy atom. The van der Waals surface area contributed by atoms with Gasteiger partial charge in [0.15, 0.2) is 5.82 Å². The minimum atomic E-state index is -4.82. The highest BCUT2D eigenvalue weighted by atomic mass is 19.3. The number of aliphatic hydroxyl groups is 2. The molecule has 1 atom stereocenters. The van der Waals surface area contributed by atoms with Crippen LogP contribution in [0.2, 0.25) is 0 Å². The van der Waals surface area contributed by atoms with E-state index in [0.29, 0.717) is 50.6 Å². The number of aromatic nitrogens is 3. The monoisotopic (exact) mass is 851 g/mol. The fourth-order valence-electron chi connectivity index (χ4n) is 7.77. The smallest absolute Gasteiger partial charge is 0.404 e. The summed E-state index contributed by atoms with van der Waals surface area (Å²) in [6.07, 6.45) is 3.75. The molecule has 4 aromatic rings. The average molecular weight is 852 g/mol. The van der Waals surface area contributed by atoms with Crippen LogP contribution in [0.5, 0.6) is 0 Å². The number of alkyl halides is 4. The van der Waals surface area contributed by atoms with Crippen molar-refractivity contribution in [1.29, 1.82) is 0 Å². The molecule has 3 aromatic carbocycles. The summed E-state index contributed by atoms with van der Waals surface area (Å²) in [7, 11) is 0. The molecule has 0 unspecified atom stereocenters. The number of rotatable bonds is 15. The molecule has 4 amide bonds. The highest BCUT2D eigenvalue weighted by Crippen LogP contribution is 2.41. The van der Waals surface area contributed by atoms with Gasteiger partial charge in [-0.25, -0.2) is 9.78 Å². The van der Waals surface area contributed by atoms with Crippen molar-refractivity contribution < 1.29 is 52.1 Å². The standard InChI is InChI=1S/C43H49F4N7O7/c1-24-20-30(38(58)49-32-15-17-33(56)18-16-32)12-19-34(24)27-6-2-25(3-7-27)21-35(51-37(57)29-8-4-26(5-9-29)22-48-41(60)61)39(59)50-31-13-10-28(11-14-31)36-52-40(54-53-36)43(46,47)42(44,45)23-55/h2-3,6-7,10-14,19-20,26,29,32-33,35,48,55-56H,4-5,8-9,15-18,21-23H2,1H3,(H,49,58)(H,50,59)(H,51,57)(H,60,61)(H,52,53,54)/t26?,29?,32?,33?,35-/m0/s1. The van der Waals surface area contributed by atoms with Crippen molar-refractivity contribution in [3.05, 3.63) is 89.2 Å². The molecule has 2 saturated carbocycles. The fraction of sp³-hybridized carbons (Fsp3) is 0.442. The Labute approximate surface area is 348 Å². The molecule has 8 N–H and O–H groups in total. The van der Waals surface area contributed by atoms with E-state index in [1.54, 1.807) is 11.2 Å². The lowest BCUT2D eigenvalue weighted by Crippen LogP contribution is -2.48. The molecule has 6 rings (SSSR count). The Balaban J connectivity index is 1.14. The zero-order valence-corrected chi connectivity index (χ0v) is 33.4. The molecule has 1 aromatic heterocycles. The maximum Gasteiger partial charge on any atom is 0.404 e. The third kappa shape index (κ3) is 11.1. The van der Waals surface area contributed by atoms with Gasteiger partial charge in [-0.2, -0.15) is 22.7 Å². The van der Waals surface area contributed by atoms with E-state index in [1.165, 1.54) is 24.3 Å². The number of nitrogens with zero attached hydrogens (tertiary/aromatic N) is 2. The number of amides is 4. The third-order valence-electron chi connectivity index (χ3n) is 11.5. The minimum Gasteiger partial charge on any atom is -0.465 e. The van der Waals surface area contributed by atoms with Gasteiger partial charge in [-0.05, 0) is 123 Å². The molecule has 0 aliphatic heterocycles. The lowest BCUT2D eigenvalue weighted by molar-refractivity contribution is -0.236. The first-order valence-electron chi connectivity index (χ1n) is 20.2. The van der Waals surface area contributed by atoms with E-state index in [9.17, 15) is 41.8 Å². The topological polar surface area (TPSA) is 219 Å². The molecule has 14 nitrogen and oxygen atoms in total. The lowest BCUT2D eigenvalue weighted by atomic mass is 9.81. The predicted octanol–water partition coefficient (Wildman–Crippen LogP) is 5.94. The second-order valence-corrected chi connectivity index (χ2v) is 15.9. The van der Waals surface area contributed by atoms with Crippen molar-refractivity contribution in [2.75, 3.05) is 18.5 Å². The lowest BCUT2D eigenvalue weighted by Gasteiger charge is -2.29. The first-order valence-corrected chi connectivity index (χ1v) is 20.2. The molecule has 2 fully saturated rings. The van der Waals surface area contributed by atoms with E-state index < -0.39 is 48.2 Å². The van der Waals surface area contributed by atoms with Crippen LogP contribution < -0.4 is 21.3 Å². The van der Waals surface area contributed by atoms with Crippen LogP contribution in [0.15, 0.2) is 66.7 Å². The van der Waals surface area contributed by atoms with Crippen molar-refractivity contribution in [1.82, 2.24) is 31.1 Å². The van der Waals surface area contributed by atoms with Gasteiger partial charge in [-0.1, -0.05) is 30.3 Å². The van der Waals surface area contributed by atoms with E-state index in [0.717, 1.165) is 35.1 Å². The molecule has 2 aliphatic rings. The van der Waals surface area contributed by atoms with Gasteiger partial charge in [0, 0.05) is 41.7 Å². The number of aliphatic hydroxyl groups excluding tert-OH is 2. The predicted molar refractivity (Wildman–Crippen MR) is 216 cm³/mol. The van der Waals surface area contributed by atoms with Crippen LogP contribution in [0.4, 0.5) is 28.0 Å². The molecule has 0 saturated heterocycles. The molecule has 0 spiro atoms. The van der Waals surface area contributed by atoms with Crippen LogP contribution in [0, 0.1) is 18.8 Å². The summed E-state index contributed by atoms with van der Waals surface area (Å²) in [6, 6.07) is 17.6. The van der Waals surface area contributed by atoms with Gasteiger partial charge in [0.05, 0.1) is 6.10 Å². The first kappa shape index (κ1) is 44.7. The number of halogens is 4. The maximum atomic E-state index is 14.2. The van der Waals surface area contributed by atoms with Gasteiger partial charge < -0.3 is 36.6 Å². The van der Waals surface area contributed by atoms with Gasteiger partial charge in [0.2, 0.25) is 17.6 Å². The Bertz CT molecular complexity index is 2170. The van der Waals surface area contributed by atoms with Gasteiger partial charge in [-0.3, -0.25) is 19.5 Å². The van der Waals surface area contributed by atoms with Crippen LogP contribution in [0.1, 0.15) is 78.7 Å². The molecule has 0 bridgehead atoms. The third-order valence-corrected chi connectivity index (χ3v) is 11.5. The number of nitrogens with one attached hydrogen (secondary N) is 5. The maximum absolute atomic E-state index is 14.2. The fourth-order valence-corrected chi connectivity index (χ4v) is 7.77. The number of hydrogen-bond donors (Lipinski definition) is 8. The van der Waals surface area contributed by atoms with Gasteiger partial charge in [0.25, 0.3) is 5.91 Å². The molecule has 18 heteroatoms. The number of benzene rings is 3. The van der Waals surface area contributed by atoms with Crippen molar-refractivity contribution in [3.63, 3.8) is 0 Å². The normalized spacial score (nSPS) is 20.0. The van der Waals surface area contributed by atoms with E-state index in [-0.39, 0.29) is 53.4 Å². The molecule has 1 heterocycles. The van der Waals surface area contributed by atoms with Crippen molar-refractivity contribution in [2.45, 2.75) is 94.7 Å². The van der Waals surface area contributed by atoms with Gasteiger partial charge in [-0.15, -0.1) is 0 Å². The zero-order chi connectivity index (χ0) is 43.9. The summed E-state index contributed by atoms with van der Waals surface area (Å²) >= 11 is 0. The zero-order valence-electron chi connectivity index (χ0n) is 33.4. The molecular weight excluding hydrogens is 803 g/mol. The molecule has 61 heavy (non-hydrogen) atoms. The van der Waals surface area contributed by atoms with Crippen molar-refractivity contribution in [3.8, 4) is 22.5 Å². The highest BCUT2D eigenvalue weighted by molar-refractivity contribution is 5.98. The number of hydrogen-bond acceptors (Lipinski definition) is 8. The van der Waals surface area contributed by atoms with Crippen molar-refractivity contribution in [2.24, 2.45) is 11.8 Å².